The molecule has 3 nitrogen and oxygen atoms in total. The Labute approximate surface area is 102 Å². The number of nitrogens with zero attached hydrogens (tertiary/aromatic N) is 1. The van der Waals surface area contributed by atoms with Gasteiger partial charge in [-0.15, -0.1) is 11.6 Å². The van der Waals surface area contributed by atoms with Crippen molar-refractivity contribution in [2.45, 2.75) is 38.6 Å². The van der Waals surface area contributed by atoms with E-state index in [1.165, 1.54) is 12.8 Å². The number of carbonyl (C=O) groups excluding carboxylic acids is 1. The van der Waals surface area contributed by atoms with Gasteiger partial charge in [0.2, 0.25) is 5.91 Å². The van der Waals surface area contributed by atoms with Gasteiger partial charge >= 0.3 is 0 Å². The van der Waals surface area contributed by atoms with Gasteiger partial charge in [0.1, 0.15) is 0 Å². The van der Waals surface area contributed by atoms with Crippen molar-refractivity contribution in [3.63, 3.8) is 0 Å². The molecular formula is C12H20ClNO2. The minimum atomic E-state index is -0.137. The summed E-state index contributed by atoms with van der Waals surface area (Å²) in [6, 6.07) is 0.0698. The average molecular weight is 246 g/mol. The number of ether oxygens (including phenoxy) is 1. The zero-order valence-corrected chi connectivity index (χ0v) is 10.6. The fourth-order valence-corrected chi connectivity index (χ4v) is 3.02. The lowest BCUT2D eigenvalue weighted by molar-refractivity contribution is -0.148. The van der Waals surface area contributed by atoms with Gasteiger partial charge in [0.05, 0.1) is 19.3 Å². The summed E-state index contributed by atoms with van der Waals surface area (Å²) in [6.07, 6.45) is 4.41. The number of amides is 1. The van der Waals surface area contributed by atoms with Crippen LogP contribution in [0.1, 0.15) is 32.6 Å². The minimum Gasteiger partial charge on any atom is -0.377 e. The van der Waals surface area contributed by atoms with Gasteiger partial charge in [0.15, 0.2) is 0 Å². The van der Waals surface area contributed by atoms with Crippen LogP contribution in [0.3, 0.4) is 0 Å². The summed E-state index contributed by atoms with van der Waals surface area (Å²) in [6.45, 7) is 4.04. The van der Waals surface area contributed by atoms with E-state index in [4.69, 9.17) is 16.3 Å². The third-order valence-corrected chi connectivity index (χ3v) is 4.25. The highest BCUT2D eigenvalue weighted by Crippen LogP contribution is 2.39. The normalized spacial score (nSPS) is 29.4. The van der Waals surface area contributed by atoms with Crippen LogP contribution in [-0.4, -0.2) is 42.5 Å². The van der Waals surface area contributed by atoms with E-state index >= 15 is 0 Å². The number of halogens is 1. The molecule has 0 aromatic heterocycles. The molecule has 4 heteroatoms. The van der Waals surface area contributed by atoms with E-state index in [-0.39, 0.29) is 11.5 Å². The first-order chi connectivity index (χ1) is 7.67. The molecule has 0 aromatic carbocycles. The van der Waals surface area contributed by atoms with E-state index in [0.717, 1.165) is 12.8 Å². The molecule has 1 aliphatic carbocycles. The molecule has 2 fully saturated rings. The fourth-order valence-electron chi connectivity index (χ4n) is 2.77. The topological polar surface area (TPSA) is 29.5 Å². The third-order valence-electron chi connectivity index (χ3n) is 3.89. The van der Waals surface area contributed by atoms with Crippen LogP contribution in [0.5, 0.6) is 0 Å². The van der Waals surface area contributed by atoms with Crippen molar-refractivity contribution < 1.29 is 9.53 Å². The molecule has 1 saturated heterocycles. The third kappa shape index (κ3) is 2.21. The number of alkyl halides is 1. The standard InChI is InChI=1S/C12H20ClNO2/c1-12(4-2-3-5-12)11(15)14-6-7-16-9-10(14)8-13/h10H,2-9H2,1H3. The quantitative estimate of drug-likeness (QED) is 0.697. The van der Waals surface area contributed by atoms with Gasteiger partial charge < -0.3 is 9.64 Å². The molecule has 1 aliphatic heterocycles. The predicted molar refractivity (Wildman–Crippen MR) is 63.6 cm³/mol. The summed E-state index contributed by atoms with van der Waals surface area (Å²) in [5, 5.41) is 0. The predicted octanol–water partition coefficient (Wildman–Crippen LogP) is 2.03. The number of carbonyl (C=O) groups is 1. The molecule has 2 aliphatic rings. The van der Waals surface area contributed by atoms with E-state index in [9.17, 15) is 4.79 Å². The first-order valence-electron chi connectivity index (χ1n) is 6.12. The van der Waals surface area contributed by atoms with Crippen LogP contribution >= 0.6 is 11.6 Å². The molecule has 1 amide bonds. The van der Waals surface area contributed by atoms with Crippen LogP contribution < -0.4 is 0 Å². The first-order valence-corrected chi connectivity index (χ1v) is 6.65. The first kappa shape index (κ1) is 12.2. The lowest BCUT2D eigenvalue weighted by Gasteiger charge is -2.39. The van der Waals surface area contributed by atoms with Crippen LogP contribution in [0.2, 0.25) is 0 Å². The Kier molecular flexibility index (Phi) is 3.75. The Morgan fingerprint density at radius 3 is 2.81 bits per heavy atom. The molecule has 16 heavy (non-hydrogen) atoms. The molecule has 1 heterocycles. The molecular weight excluding hydrogens is 226 g/mol. The Morgan fingerprint density at radius 1 is 1.50 bits per heavy atom. The Bertz CT molecular complexity index is 264. The molecule has 0 bridgehead atoms. The fraction of sp³-hybridized carbons (Fsp3) is 0.917. The Hall–Kier alpha value is -0.280. The summed E-state index contributed by atoms with van der Waals surface area (Å²) in [5.74, 6) is 0.765. The van der Waals surface area contributed by atoms with Crippen LogP contribution in [0.15, 0.2) is 0 Å². The van der Waals surface area contributed by atoms with Gasteiger partial charge in [-0.2, -0.15) is 0 Å². The van der Waals surface area contributed by atoms with E-state index < -0.39 is 0 Å². The zero-order chi connectivity index (χ0) is 11.6. The molecule has 1 saturated carbocycles. The van der Waals surface area contributed by atoms with E-state index in [2.05, 4.69) is 6.92 Å². The number of rotatable bonds is 2. The van der Waals surface area contributed by atoms with Gasteiger partial charge in [-0.05, 0) is 12.8 Å². The Balaban J connectivity index is 2.07. The van der Waals surface area contributed by atoms with Crippen molar-refractivity contribution in [3.8, 4) is 0 Å². The highest BCUT2D eigenvalue weighted by atomic mass is 35.5. The number of morpholine rings is 1. The van der Waals surface area contributed by atoms with Crippen molar-refractivity contribution in [2.75, 3.05) is 25.6 Å². The van der Waals surface area contributed by atoms with Crippen LogP contribution in [-0.2, 0) is 9.53 Å². The maximum atomic E-state index is 12.5. The van der Waals surface area contributed by atoms with Crippen molar-refractivity contribution >= 4 is 17.5 Å². The summed E-state index contributed by atoms with van der Waals surface area (Å²) in [4.78, 5) is 14.4. The molecule has 92 valence electrons. The second kappa shape index (κ2) is 4.92. The summed E-state index contributed by atoms with van der Waals surface area (Å²) < 4.78 is 5.37. The van der Waals surface area contributed by atoms with Gasteiger partial charge in [0.25, 0.3) is 0 Å². The monoisotopic (exact) mass is 245 g/mol. The maximum absolute atomic E-state index is 12.5. The number of hydrogen-bond donors (Lipinski definition) is 0. The van der Waals surface area contributed by atoms with Gasteiger partial charge in [-0.1, -0.05) is 19.8 Å². The van der Waals surface area contributed by atoms with Gasteiger partial charge in [-0.25, -0.2) is 0 Å². The minimum absolute atomic E-state index is 0.0698. The molecule has 1 unspecified atom stereocenters. The lowest BCUT2D eigenvalue weighted by atomic mass is 9.86. The van der Waals surface area contributed by atoms with E-state index in [1.807, 2.05) is 4.90 Å². The molecule has 0 aromatic rings. The van der Waals surface area contributed by atoms with Crippen molar-refractivity contribution in [2.24, 2.45) is 5.41 Å². The van der Waals surface area contributed by atoms with Gasteiger partial charge in [0, 0.05) is 17.8 Å². The lowest BCUT2D eigenvalue weighted by Crippen LogP contribution is -2.53. The molecule has 0 spiro atoms. The van der Waals surface area contributed by atoms with Crippen molar-refractivity contribution in [3.05, 3.63) is 0 Å². The average Bonchev–Trinajstić information content (AvgIpc) is 2.76. The van der Waals surface area contributed by atoms with Crippen molar-refractivity contribution in [1.82, 2.24) is 4.90 Å². The van der Waals surface area contributed by atoms with Crippen LogP contribution in [0.4, 0.5) is 0 Å². The van der Waals surface area contributed by atoms with Crippen LogP contribution in [0.25, 0.3) is 0 Å². The smallest absolute Gasteiger partial charge is 0.228 e. The highest BCUT2D eigenvalue weighted by Gasteiger charge is 2.41. The SMILES string of the molecule is CC1(C(=O)N2CCOCC2CCl)CCCC1. The summed E-state index contributed by atoms with van der Waals surface area (Å²) in [7, 11) is 0. The molecule has 1 atom stereocenters. The van der Waals surface area contributed by atoms with Crippen molar-refractivity contribution in [1.29, 1.82) is 0 Å². The largest absolute Gasteiger partial charge is 0.377 e. The second-order valence-corrected chi connectivity index (χ2v) is 5.46. The molecule has 0 N–H and O–H groups in total. The van der Waals surface area contributed by atoms with E-state index in [1.54, 1.807) is 0 Å². The molecule has 0 radical (unpaired) electrons. The second-order valence-electron chi connectivity index (χ2n) is 5.15. The van der Waals surface area contributed by atoms with Gasteiger partial charge in [-0.3, -0.25) is 4.79 Å². The Morgan fingerprint density at radius 2 is 2.19 bits per heavy atom. The summed E-state index contributed by atoms with van der Waals surface area (Å²) >= 11 is 5.90. The molecule has 2 rings (SSSR count). The zero-order valence-electron chi connectivity index (χ0n) is 9.88. The van der Waals surface area contributed by atoms with E-state index in [0.29, 0.717) is 31.5 Å². The highest BCUT2D eigenvalue weighted by molar-refractivity contribution is 6.18. The summed E-state index contributed by atoms with van der Waals surface area (Å²) in [5.41, 5.74) is -0.137. The van der Waals surface area contributed by atoms with Crippen LogP contribution in [0, 0.1) is 5.41 Å². The number of hydrogen-bond acceptors (Lipinski definition) is 2. The maximum Gasteiger partial charge on any atom is 0.228 e.